The number of likely N-dealkylation sites (tertiary alicyclic amines) is 1. The zero-order chi connectivity index (χ0) is 19.9. The third-order valence-corrected chi connectivity index (χ3v) is 4.93. The van der Waals surface area contributed by atoms with Crippen LogP contribution in [0.4, 0.5) is 18.0 Å². The predicted molar refractivity (Wildman–Crippen MR) is 90.2 cm³/mol. The number of alkyl halides is 3. The highest BCUT2D eigenvalue weighted by Crippen LogP contribution is 2.44. The van der Waals surface area contributed by atoms with E-state index in [0.717, 1.165) is 38.1 Å². The van der Waals surface area contributed by atoms with Gasteiger partial charge in [0.1, 0.15) is 11.7 Å². The van der Waals surface area contributed by atoms with Gasteiger partial charge in [-0.25, -0.2) is 14.8 Å². The van der Waals surface area contributed by atoms with Crippen LogP contribution in [0.1, 0.15) is 52.0 Å². The van der Waals surface area contributed by atoms with Crippen molar-refractivity contribution in [2.24, 2.45) is 5.41 Å². The highest BCUT2D eigenvalue weighted by Gasteiger charge is 2.48. The van der Waals surface area contributed by atoms with Gasteiger partial charge in [-0.15, -0.1) is 0 Å². The molecule has 150 valence electrons. The summed E-state index contributed by atoms with van der Waals surface area (Å²) in [4.78, 5) is 21.1. The quantitative estimate of drug-likeness (QED) is 0.766. The SMILES string of the molecule is CC(C)(C)OC(=O)N1CC2(CCC(Oc3ncc(C(F)(F)F)cn3)CC2)C1. The molecule has 0 aromatic carbocycles. The van der Waals surface area contributed by atoms with E-state index in [9.17, 15) is 18.0 Å². The van der Waals surface area contributed by atoms with Gasteiger partial charge in [0.2, 0.25) is 0 Å². The Labute approximate surface area is 156 Å². The molecule has 0 N–H and O–H groups in total. The third-order valence-electron chi connectivity index (χ3n) is 4.93. The normalized spacial score (nSPS) is 20.3. The lowest BCUT2D eigenvalue weighted by molar-refractivity contribution is -0.138. The van der Waals surface area contributed by atoms with Crippen LogP contribution in [0.25, 0.3) is 0 Å². The van der Waals surface area contributed by atoms with Gasteiger partial charge in [0.05, 0.1) is 5.56 Å². The first-order valence-electron chi connectivity index (χ1n) is 9.00. The molecule has 1 spiro atoms. The number of aromatic nitrogens is 2. The lowest BCUT2D eigenvalue weighted by Gasteiger charge is -2.52. The van der Waals surface area contributed by atoms with Gasteiger partial charge in [-0.05, 0) is 46.5 Å². The van der Waals surface area contributed by atoms with E-state index >= 15 is 0 Å². The molecule has 3 rings (SSSR count). The topological polar surface area (TPSA) is 64.5 Å². The molecule has 0 radical (unpaired) electrons. The summed E-state index contributed by atoms with van der Waals surface area (Å²) in [5, 5.41) is 0. The molecule has 1 aromatic heterocycles. The summed E-state index contributed by atoms with van der Waals surface area (Å²) in [5.41, 5.74) is -1.31. The van der Waals surface area contributed by atoms with Gasteiger partial charge in [-0.3, -0.25) is 0 Å². The number of hydrogen-bond donors (Lipinski definition) is 0. The van der Waals surface area contributed by atoms with Crippen molar-refractivity contribution in [1.82, 2.24) is 14.9 Å². The molecule has 27 heavy (non-hydrogen) atoms. The summed E-state index contributed by atoms with van der Waals surface area (Å²) in [6.45, 7) is 6.86. The van der Waals surface area contributed by atoms with Gasteiger partial charge in [-0.2, -0.15) is 13.2 Å². The monoisotopic (exact) mass is 387 g/mol. The van der Waals surface area contributed by atoms with Crippen molar-refractivity contribution in [3.8, 4) is 6.01 Å². The van der Waals surface area contributed by atoms with Crippen LogP contribution >= 0.6 is 0 Å². The summed E-state index contributed by atoms with van der Waals surface area (Å²) in [5.74, 6) is 0. The average molecular weight is 387 g/mol. The van der Waals surface area contributed by atoms with Crippen LogP contribution < -0.4 is 4.74 Å². The zero-order valence-electron chi connectivity index (χ0n) is 15.7. The van der Waals surface area contributed by atoms with Crippen LogP contribution in [0.5, 0.6) is 6.01 Å². The molecule has 0 bridgehead atoms. The van der Waals surface area contributed by atoms with E-state index < -0.39 is 17.3 Å². The Hall–Kier alpha value is -2.06. The van der Waals surface area contributed by atoms with Gasteiger partial charge in [0, 0.05) is 30.9 Å². The molecule has 9 heteroatoms. The minimum Gasteiger partial charge on any atom is -0.460 e. The summed E-state index contributed by atoms with van der Waals surface area (Å²) in [7, 11) is 0. The largest absolute Gasteiger partial charge is 0.460 e. The second-order valence-corrected chi connectivity index (χ2v) is 8.41. The fourth-order valence-corrected chi connectivity index (χ4v) is 3.53. The van der Waals surface area contributed by atoms with Crippen LogP contribution in [0.3, 0.4) is 0 Å². The van der Waals surface area contributed by atoms with E-state index in [0.29, 0.717) is 13.1 Å². The minimum atomic E-state index is -4.46. The average Bonchev–Trinajstić information content (AvgIpc) is 2.51. The maximum absolute atomic E-state index is 12.5. The van der Waals surface area contributed by atoms with Crippen molar-refractivity contribution in [3.63, 3.8) is 0 Å². The zero-order valence-corrected chi connectivity index (χ0v) is 15.7. The van der Waals surface area contributed by atoms with Crippen molar-refractivity contribution in [2.75, 3.05) is 13.1 Å². The van der Waals surface area contributed by atoms with E-state index in [4.69, 9.17) is 9.47 Å². The van der Waals surface area contributed by atoms with Crippen molar-refractivity contribution in [2.45, 2.75) is 64.3 Å². The number of ether oxygens (including phenoxy) is 2. The second-order valence-electron chi connectivity index (χ2n) is 8.41. The molecule has 6 nitrogen and oxygen atoms in total. The van der Waals surface area contributed by atoms with Gasteiger partial charge >= 0.3 is 18.3 Å². The first kappa shape index (κ1) is 19.7. The highest BCUT2D eigenvalue weighted by atomic mass is 19.4. The molecule has 1 amide bonds. The molecule has 1 aliphatic carbocycles. The van der Waals surface area contributed by atoms with Crippen LogP contribution in [-0.4, -0.2) is 45.8 Å². The molecule has 1 saturated carbocycles. The maximum Gasteiger partial charge on any atom is 0.419 e. The van der Waals surface area contributed by atoms with Crippen LogP contribution in [-0.2, 0) is 10.9 Å². The Morgan fingerprint density at radius 1 is 1.15 bits per heavy atom. The molecule has 2 heterocycles. The highest BCUT2D eigenvalue weighted by molar-refractivity contribution is 5.69. The number of nitrogens with zero attached hydrogens (tertiary/aromatic N) is 3. The minimum absolute atomic E-state index is 0.0343. The molecule has 2 aliphatic rings. The fraction of sp³-hybridized carbons (Fsp3) is 0.722. The van der Waals surface area contributed by atoms with Gasteiger partial charge in [0.15, 0.2) is 0 Å². The summed E-state index contributed by atoms with van der Waals surface area (Å²) >= 11 is 0. The standard InChI is InChI=1S/C18H24F3N3O3/c1-16(2,3)27-15(25)24-10-17(11-24)6-4-13(5-7-17)26-14-22-8-12(9-23-14)18(19,20)21/h8-9,13H,4-7,10-11H2,1-3H3. The number of carbonyl (C=O) groups excluding carboxylic acids is 1. The molecule has 0 atom stereocenters. The molecule has 2 fully saturated rings. The van der Waals surface area contributed by atoms with E-state index in [1.807, 2.05) is 20.8 Å². The Morgan fingerprint density at radius 2 is 1.70 bits per heavy atom. The van der Waals surface area contributed by atoms with Gasteiger partial charge in [-0.1, -0.05) is 0 Å². The lowest BCUT2D eigenvalue weighted by Crippen LogP contribution is -2.60. The van der Waals surface area contributed by atoms with Crippen LogP contribution in [0.2, 0.25) is 0 Å². The fourth-order valence-electron chi connectivity index (χ4n) is 3.53. The van der Waals surface area contributed by atoms with Crippen LogP contribution in [0.15, 0.2) is 12.4 Å². The molecule has 1 aromatic rings. The number of rotatable bonds is 2. The van der Waals surface area contributed by atoms with Gasteiger partial charge < -0.3 is 14.4 Å². The number of halogens is 3. The van der Waals surface area contributed by atoms with Crippen molar-refractivity contribution in [3.05, 3.63) is 18.0 Å². The molecule has 1 saturated heterocycles. The van der Waals surface area contributed by atoms with Gasteiger partial charge in [0.25, 0.3) is 0 Å². The van der Waals surface area contributed by atoms with Crippen molar-refractivity contribution < 1.29 is 27.4 Å². The summed E-state index contributed by atoms with van der Waals surface area (Å²) in [6, 6.07) is -0.0343. The first-order valence-corrected chi connectivity index (χ1v) is 9.00. The number of hydrogen-bond acceptors (Lipinski definition) is 5. The Kier molecular flexibility index (Phi) is 4.98. The molecule has 0 unspecified atom stereocenters. The number of carbonyl (C=O) groups is 1. The lowest BCUT2D eigenvalue weighted by atomic mass is 9.68. The Bertz CT molecular complexity index is 670. The van der Waals surface area contributed by atoms with Crippen molar-refractivity contribution >= 4 is 6.09 Å². The third kappa shape index (κ3) is 4.81. The van der Waals surface area contributed by atoms with E-state index in [1.54, 1.807) is 4.90 Å². The summed E-state index contributed by atoms with van der Waals surface area (Å²) in [6.07, 6.45) is -0.115. The van der Waals surface area contributed by atoms with E-state index in [2.05, 4.69) is 9.97 Å². The van der Waals surface area contributed by atoms with Crippen molar-refractivity contribution in [1.29, 1.82) is 0 Å². The number of amides is 1. The summed E-state index contributed by atoms with van der Waals surface area (Å²) < 4.78 is 48.6. The molecular weight excluding hydrogens is 363 g/mol. The predicted octanol–water partition coefficient (Wildman–Crippen LogP) is 4.05. The van der Waals surface area contributed by atoms with Crippen LogP contribution in [0, 0.1) is 5.41 Å². The van der Waals surface area contributed by atoms with E-state index in [1.165, 1.54) is 0 Å². The first-order chi connectivity index (χ1) is 12.5. The molecular formula is C18H24F3N3O3. The Balaban J connectivity index is 1.46. The second kappa shape index (κ2) is 6.83. The maximum atomic E-state index is 12.5. The van der Waals surface area contributed by atoms with E-state index in [-0.39, 0.29) is 23.6 Å². The smallest absolute Gasteiger partial charge is 0.419 e. The Morgan fingerprint density at radius 3 is 2.19 bits per heavy atom. The molecule has 1 aliphatic heterocycles.